The van der Waals surface area contributed by atoms with Gasteiger partial charge in [-0.05, 0) is 44.4 Å². The third-order valence-corrected chi connectivity index (χ3v) is 5.85. The molecule has 1 rings (SSSR count). The molecular formula is C30H45N3O8. The second-order valence-corrected chi connectivity index (χ2v) is 10.4. The predicted octanol–water partition coefficient (Wildman–Crippen LogP) is 3.08. The molecule has 0 aliphatic heterocycles. The van der Waals surface area contributed by atoms with Crippen LogP contribution in [0.3, 0.4) is 0 Å². The van der Waals surface area contributed by atoms with E-state index in [1.807, 2.05) is 6.92 Å². The topological polar surface area (TPSA) is 141 Å². The van der Waals surface area contributed by atoms with Gasteiger partial charge in [0.2, 0.25) is 11.8 Å². The maximum absolute atomic E-state index is 13.6. The van der Waals surface area contributed by atoms with Crippen LogP contribution >= 0.6 is 0 Å². The summed E-state index contributed by atoms with van der Waals surface area (Å²) in [4.78, 5) is 51.7. The van der Waals surface area contributed by atoms with Gasteiger partial charge in [0.1, 0.15) is 30.0 Å². The Kier molecular flexibility index (Phi) is 15.2. The van der Waals surface area contributed by atoms with Crippen LogP contribution in [0.2, 0.25) is 0 Å². The highest BCUT2D eigenvalue weighted by Crippen LogP contribution is 2.15. The largest absolute Gasteiger partial charge is 0.490 e. The van der Waals surface area contributed by atoms with Crippen LogP contribution in [0.4, 0.5) is 4.79 Å². The van der Waals surface area contributed by atoms with Crippen molar-refractivity contribution in [2.45, 2.75) is 71.2 Å². The standard InChI is InChI=1S/C30H45N3O8/c1-9-16-39-19-24(28(36)38-8)31-27(35)25(20(4)11-3)33-26(34)23(32-29(37)41-30(5,6)7)18-21-12-14-22(15-13-21)40-17-10-2/h9-10,12-15,20,23-25H,1-2,11,16-19H2,3-8H3,(H,31,35)(H,32,37)(H,33,34)/t20?,23-,24-,25-/m0/s1. The van der Waals surface area contributed by atoms with Crippen molar-refractivity contribution in [2.75, 3.05) is 26.9 Å². The lowest BCUT2D eigenvalue weighted by atomic mass is 9.97. The Balaban J connectivity index is 3.18. The zero-order valence-electron chi connectivity index (χ0n) is 25.0. The predicted molar refractivity (Wildman–Crippen MR) is 155 cm³/mol. The zero-order valence-corrected chi connectivity index (χ0v) is 25.0. The number of ether oxygens (including phenoxy) is 4. The lowest BCUT2D eigenvalue weighted by Crippen LogP contribution is -2.58. The molecule has 3 N–H and O–H groups in total. The highest BCUT2D eigenvalue weighted by atomic mass is 16.6. The van der Waals surface area contributed by atoms with Crippen LogP contribution in [0, 0.1) is 5.92 Å². The number of alkyl carbamates (subject to hydrolysis) is 1. The van der Waals surface area contributed by atoms with Crippen molar-refractivity contribution in [2.24, 2.45) is 5.92 Å². The van der Waals surface area contributed by atoms with E-state index in [0.29, 0.717) is 18.8 Å². The van der Waals surface area contributed by atoms with Crippen LogP contribution < -0.4 is 20.7 Å². The highest BCUT2D eigenvalue weighted by Gasteiger charge is 2.33. The van der Waals surface area contributed by atoms with Crippen molar-refractivity contribution < 1.29 is 38.1 Å². The maximum atomic E-state index is 13.6. The Morgan fingerprint density at radius 2 is 1.56 bits per heavy atom. The number of methoxy groups -OCH3 is 1. The molecule has 0 saturated heterocycles. The van der Waals surface area contributed by atoms with E-state index < -0.39 is 47.6 Å². The number of amides is 3. The highest BCUT2D eigenvalue weighted by molar-refractivity contribution is 5.93. The number of nitrogens with one attached hydrogen (secondary N) is 3. The summed E-state index contributed by atoms with van der Waals surface area (Å²) in [6.45, 7) is 16.4. The van der Waals surface area contributed by atoms with E-state index in [1.54, 1.807) is 58.0 Å². The van der Waals surface area contributed by atoms with E-state index in [2.05, 4.69) is 29.1 Å². The summed E-state index contributed by atoms with van der Waals surface area (Å²) in [5.74, 6) is -1.57. The van der Waals surface area contributed by atoms with Crippen LogP contribution in [0.5, 0.6) is 5.75 Å². The fraction of sp³-hybridized carbons (Fsp3) is 0.533. The smallest absolute Gasteiger partial charge is 0.408 e. The third kappa shape index (κ3) is 13.4. The second-order valence-electron chi connectivity index (χ2n) is 10.4. The Bertz CT molecular complexity index is 1020. The van der Waals surface area contributed by atoms with Crippen LogP contribution in [0.15, 0.2) is 49.6 Å². The molecule has 0 bridgehead atoms. The van der Waals surface area contributed by atoms with Crippen LogP contribution in [-0.2, 0) is 35.0 Å². The van der Waals surface area contributed by atoms with Gasteiger partial charge in [0.15, 0.2) is 6.04 Å². The number of carbonyl (C=O) groups is 4. The normalized spacial score (nSPS) is 13.9. The third-order valence-electron chi connectivity index (χ3n) is 5.85. The number of hydrogen-bond acceptors (Lipinski definition) is 8. The summed E-state index contributed by atoms with van der Waals surface area (Å²) in [6, 6.07) is 3.87. The fourth-order valence-corrected chi connectivity index (χ4v) is 3.57. The SMILES string of the molecule is C=CCOC[C@H](NC(=O)[C@@H](NC(=O)[C@H](Cc1ccc(OCC=C)cc1)NC(=O)OC(C)(C)C)C(C)CC)C(=O)OC. The van der Waals surface area contributed by atoms with E-state index in [9.17, 15) is 19.2 Å². The van der Waals surface area contributed by atoms with Crippen molar-refractivity contribution in [3.05, 3.63) is 55.1 Å². The molecule has 0 aliphatic rings. The molecule has 0 aliphatic carbocycles. The van der Waals surface area contributed by atoms with E-state index in [-0.39, 0.29) is 25.6 Å². The van der Waals surface area contributed by atoms with Gasteiger partial charge < -0.3 is 34.9 Å². The molecule has 1 aromatic rings. The van der Waals surface area contributed by atoms with Gasteiger partial charge in [-0.25, -0.2) is 9.59 Å². The number of benzene rings is 1. The Hall–Kier alpha value is -3.86. The molecule has 0 fully saturated rings. The Morgan fingerprint density at radius 1 is 0.927 bits per heavy atom. The Morgan fingerprint density at radius 3 is 2.10 bits per heavy atom. The molecule has 3 amide bonds. The van der Waals surface area contributed by atoms with Crippen LogP contribution in [0.25, 0.3) is 0 Å². The lowest BCUT2D eigenvalue weighted by molar-refractivity contribution is -0.147. The average molecular weight is 576 g/mol. The molecule has 4 atom stereocenters. The molecule has 0 aromatic heterocycles. The van der Waals surface area contributed by atoms with E-state index >= 15 is 0 Å². The number of esters is 1. The van der Waals surface area contributed by atoms with Gasteiger partial charge in [-0.1, -0.05) is 51.1 Å². The van der Waals surface area contributed by atoms with Crippen molar-refractivity contribution in [3.63, 3.8) is 0 Å². The first-order valence-corrected chi connectivity index (χ1v) is 13.5. The molecular weight excluding hydrogens is 530 g/mol. The summed E-state index contributed by atoms with van der Waals surface area (Å²) < 4.78 is 21.0. The first kappa shape index (κ1) is 35.2. The van der Waals surface area contributed by atoms with Crippen molar-refractivity contribution in [3.8, 4) is 5.75 Å². The molecule has 41 heavy (non-hydrogen) atoms. The number of hydrogen-bond donors (Lipinski definition) is 3. The summed E-state index contributed by atoms with van der Waals surface area (Å²) >= 11 is 0. The minimum Gasteiger partial charge on any atom is -0.490 e. The minimum absolute atomic E-state index is 0.113. The molecule has 0 radical (unpaired) electrons. The molecule has 1 aromatic carbocycles. The Labute approximate surface area is 243 Å². The number of carbonyl (C=O) groups excluding carboxylic acids is 4. The van der Waals surface area contributed by atoms with Gasteiger partial charge in [-0.2, -0.15) is 0 Å². The number of rotatable bonds is 17. The average Bonchev–Trinajstić information content (AvgIpc) is 2.92. The van der Waals surface area contributed by atoms with Crippen molar-refractivity contribution in [1.29, 1.82) is 0 Å². The zero-order chi connectivity index (χ0) is 31.0. The van der Waals surface area contributed by atoms with Gasteiger partial charge in [-0.15, -0.1) is 6.58 Å². The molecule has 1 unspecified atom stereocenters. The van der Waals surface area contributed by atoms with Gasteiger partial charge in [-0.3, -0.25) is 9.59 Å². The molecule has 228 valence electrons. The van der Waals surface area contributed by atoms with Gasteiger partial charge in [0, 0.05) is 6.42 Å². The quantitative estimate of drug-likeness (QED) is 0.146. The molecule has 0 spiro atoms. The molecule has 0 saturated carbocycles. The minimum atomic E-state index is -1.09. The van der Waals surface area contributed by atoms with Crippen LogP contribution in [0.1, 0.15) is 46.6 Å². The molecule has 0 heterocycles. The first-order valence-electron chi connectivity index (χ1n) is 13.5. The fourth-order valence-electron chi connectivity index (χ4n) is 3.57. The second kappa shape index (κ2) is 17.8. The maximum Gasteiger partial charge on any atom is 0.408 e. The van der Waals surface area contributed by atoms with Crippen LogP contribution in [-0.4, -0.2) is 74.5 Å². The van der Waals surface area contributed by atoms with Crippen molar-refractivity contribution in [1.82, 2.24) is 16.0 Å². The van der Waals surface area contributed by atoms with E-state index in [1.165, 1.54) is 13.2 Å². The van der Waals surface area contributed by atoms with E-state index in [4.69, 9.17) is 18.9 Å². The van der Waals surface area contributed by atoms with Gasteiger partial charge in [0.25, 0.3) is 0 Å². The summed E-state index contributed by atoms with van der Waals surface area (Å²) in [5, 5.41) is 7.99. The van der Waals surface area contributed by atoms with Gasteiger partial charge in [0.05, 0.1) is 20.3 Å². The van der Waals surface area contributed by atoms with Crippen molar-refractivity contribution >= 4 is 23.9 Å². The molecule has 11 nitrogen and oxygen atoms in total. The monoisotopic (exact) mass is 575 g/mol. The lowest BCUT2D eigenvalue weighted by Gasteiger charge is -2.28. The first-order chi connectivity index (χ1) is 19.3. The molecule has 11 heteroatoms. The van der Waals surface area contributed by atoms with E-state index in [0.717, 1.165) is 5.56 Å². The summed E-state index contributed by atoms with van der Waals surface area (Å²) in [5.41, 5.74) is -0.0489. The summed E-state index contributed by atoms with van der Waals surface area (Å²) in [7, 11) is 1.20. The summed E-state index contributed by atoms with van der Waals surface area (Å²) in [6.07, 6.45) is 3.02. The van der Waals surface area contributed by atoms with Gasteiger partial charge >= 0.3 is 12.1 Å².